The van der Waals surface area contributed by atoms with Gasteiger partial charge in [-0.05, 0) is 30.5 Å². The SMILES string of the molecule is O=C(Cc1n[nH]c(Cc2ccccc2)n1)N1CCC2(CCN(Cc3ccccn3)C2=O)C1. The lowest BCUT2D eigenvalue weighted by Gasteiger charge is -2.23. The topological polar surface area (TPSA) is 95.1 Å². The smallest absolute Gasteiger partial charge is 0.231 e. The van der Waals surface area contributed by atoms with E-state index in [-0.39, 0.29) is 18.2 Å². The van der Waals surface area contributed by atoms with Crippen molar-refractivity contribution < 1.29 is 9.59 Å². The summed E-state index contributed by atoms with van der Waals surface area (Å²) in [5, 5.41) is 7.16. The quantitative estimate of drug-likeness (QED) is 0.645. The number of pyridine rings is 1. The molecule has 1 spiro atoms. The Morgan fingerprint density at radius 2 is 1.88 bits per heavy atom. The summed E-state index contributed by atoms with van der Waals surface area (Å²) in [6.45, 7) is 2.31. The van der Waals surface area contributed by atoms with Crippen molar-refractivity contribution in [2.45, 2.75) is 32.2 Å². The third-order valence-electron chi connectivity index (χ3n) is 6.49. The second-order valence-corrected chi connectivity index (χ2v) is 8.68. The van der Waals surface area contributed by atoms with Gasteiger partial charge in [-0.2, -0.15) is 5.10 Å². The van der Waals surface area contributed by atoms with Gasteiger partial charge in [0.05, 0.1) is 24.1 Å². The second kappa shape index (κ2) is 8.53. The van der Waals surface area contributed by atoms with Gasteiger partial charge in [0.2, 0.25) is 11.8 Å². The van der Waals surface area contributed by atoms with Crippen LogP contribution in [0.4, 0.5) is 0 Å². The molecule has 2 aliphatic rings. The van der Waals surface area contributed by atoms with Gasteiger partial charge in [0.15, 0.2) is 5.82 Å². The number of H-pyrrole nitrogens is 1. The molecule has 2 saturated heterocycles. The third kappa shape index (κ3) is 4.12. The first-order valence-corrected chi connectivity index (χ1v) is 11.0. The van der Waals surface area contributed by atoms with Crippen LogP contribution in [0.1, 0.15) is 35.7 Å². The molecule has 0 aliphatic carbocycles. The third-order valence-corrected chi connectivity index (χ3v) is 6.49. The zero-order valence-electron chi connectivity index (χ0n) is 17.9. The first kappa shape index (κ1) is 20.4. The lowest BCUT2D eigenvalue weighted by molar-refractivity contribution is -0.136. The number of nitrogens with one attached hydrogen (secondary N) is 1. The monoisotopic (exact) mass is 430 g/mol. The molecule has 2 aliphatic heterocycles. The second-order valence-electron chi connectivity index (χ2n) is 8.68. The van der Waals surface area contributed by atoms with Gasteiger partial charge in [0.1, 0.15) is 5.82 Å². The van der Waals surface area contributed by atoms with Crippen molar-refractivity contribution in [2.75, 3.05) is 19.6 Å². The molecular weight excluding hydrogens is 404 g/mol. The van der Waals surface area contributed by atoms with Gasteiger partial charge >= 0.3 is 0 Å². The fourth-order valence-electron chi connectivity index (χ4n) is 4.72. The summed E-state index contributed by atoms with van der Waals surface area (Å²) < 4.78 is 0. The average Bonchev–Trinajstić information content (AvgIpc) is 3.52. The van der Waals surface area contributed by atoms with Crippen molar-refractivity contribution in [1.29, 1.82) is 0 Å². The fraction of sp³-hybridized carbons (Fsp3) is 0.375. The Morgan fingerprint density at radius 3 is 2.69 bits per heavy atom. The molecule has 3 aromatic rings. The molecular formula is C24H26N6O2. The maximum absolute atomic E-state index is 13.2. The number of amides is 2. The summed E-state index contributed by atoms with van der Waals surface area (Å²) in [4.78, 5) is 38.6. The molecule has 8 heteroatoms. The van der Waals surface area contributed by atoms with Crippen molar-refractivity contribution >= 4 is 11.8 Å². The zero-order valence-corrected chi connectivity index (χ0v) is 17.9. The molecule has 164 valence electrons. The van der Waals surface area contributed by atoms with Gasteiger partial charge in [-0.25, -0.2) is 4.98 Å². The van der Waals surface area contributed by atoms with Gasteiger partial charge in [-0.1, -0.05) is 36.4 Å². The van der Waals surface area contributed by atoms with Crippen molar-refractivity contribution in [3.63, 3.8) is 0 Å². The molecule has 1 unspecified atom stereocenters. The van der Waals surface area contributed by atoms with Crippen LogP contribution < -0.4 is 0 Å². The molecule has 0 bridgehead atoms. The number of rotatable bonds is 6. The number of nitrogens with zero attached hydrogens (tertiary/aromatic N) is 5. The van der Waals surface area contributed by atoms with Crippen molar-refractivity contribution in [3.05, 3.63) is 77.6 Å². The highest BCUT2D eigenvalue weighted by molar-refractivity contribution is 5.87. The molecule has 2 amide bonds. The Bertz CT molecular complexity index is 1100. The lowest BCUT2D eigenvalue weighted by atomic mass is 9.85. The highest BCUT2D eigenvalue weighted by atomic mass is 16.2. The number of aromatic amines is 1. The maximum atomic E-state index is 13.2. The van der Waals surface area contributed by atoms with Gasteiger partial charge in [0.25, 0.3) is 0 Å². The Labute approximate surface area is 186 Å². The van der Waals surface area contributed by atoms with Gasteiger partial charge < -0.3 is 9.80 Å². The molecule has 1 N–H and O–H groups in total. The van der Waals surface area contributed by atoms with Crippen LogP contribution in [0.2, 0.25) is 0 Å². The Balaban J connectivity index is 1.18. The van der Waals surface area contributed by atoms with Crippen LogP contribution in [0.25, 0.3) is 0 Å². The predicted molar refractivity (Wildman–Crippen MR) is 117 cm³/mol. The molecule has 1 atom stereocenters. The number of carbonyl (C=O) groups excluding carboxylic acids is 2. The first-order chi connectivity index (χ1) is 15.6. The summed E-state index contributed by atoms with van der Waals surface area (Å²) in [5.74, 6) is 1.36. The minimum Gasteiger partial charge on any atom is -0.341 e. The molecule has 5 rings (SSSR count). The number of aromatic nitrogens is 4. The van der Waals surface area contributed by atoms with E-state index in [0.29, 0.717) is 44.8 Å². The van der Waals surface area contributed by atoms with Crippen molar-refractivity contribution in [2.24, 2.45) is 5.41 Å². The molecule has 0 saturated carbocycles. The first-order valence-electron chi connectivity index (χ1n) is 11.0. The molecule has 1 aromatic carbocycles. The summed E-state index contributed by atoms with van der Waals surface area (Å²) in [7, 11) is 0. The number of likely N-dealkylation sites (tertiary alicyclic amines) is 2. The van der Waals surface area contributed by atoms with E-state index in [2.05, 4.69) is 20.2 Å². The van der Waals surface area contributed by atoms with Gasteiger partial charge in [0, 0.05) is 32.3 Å². The molecule has 8 nitrogen and oxygen atoms in total. The normalized spacial score (nSPS) is 20.4. The largest absolute Gasteiger partial charge is 0.341 e. The Morgan fingerprint density at radius 1 is 1.06 bits per heavy atom. The fourth-order valence-corrected chi connectivity index (χ4v) is 4.72. The van der Waals surface area contributed by atoms with E-state index in [1.807, 2.05) is 53.4 Å². The van der Waals surface area contributed by atoms with E-state index in [1.165, 1.54) is 0 Å². The standard InChI is InChI=1S/C24H26N6O2/c31-22(15-21-26-20(27-28-21)14-18-6-2-1-3-7-18)30-13-10-24(17-30)9-12-29(23(24)32)16-19-8-4-5-11-25-19/h1-8,11H,9-10,12-17H2,(H,26,27,28). The Hall–Kier alpha value is -3.55. The van der Waals surface area contributed by atoms with E-state index < -0.39 is 5.41 Å². The zero-order chi connectivity index (χ0) is 22.0. The lowest BCUT2D eigenvalue weighted by Crippen LogP contribution is -2.38. The summed E-state index contributed by atoms with van der Waals surface area (Å²) >= 11 is 0. The summed E-state index contributed by atoms with van der Waals surface area (Å²) in [5.41, 5.74) is 1.57. The van der Waals surface area contributed by atoms with E-state index in [1.54, 1.807) is 11.1 Å². The van der Waals surface area contributed by atoms with E-state index in [4.69, 9.17) is 0 Å². The highest BCUT2D eigenvalue weighted by Gasteiger charge is 2.51. The van der Waals surface area contributed by atoms with Gasteiger partial charge in [-0.15, -0.1) is 0 Å². The Kier molecular flexibility index (Phi) is 5.43. The van der Waals surface area contributed by atoms with E-state index in [0.717, 1.165) is 23.5 Å². The minimum absolute atomic E-state index is 0.0249. The van der Waals surface area contributed by atoms with Crippen LogP contribution in [0.3, 0.4) is 0 Å². The average molecular weight is 431 g/mol. The molecule has 2 fully saturated rings. The van der Waals surface area contributed by atoms with E-state index >= 15 is 0 Å². The minimum atomic E-state index is -0.456. The van der Waals surface area contributed by atoms with Gasteiger partial charge in [-0.3, -0.25) is 19.7 Å². The number of hydrogen-bond donors (Lipinski definition) is 1. The van der Waals surface area contributed by atoms with E-state index in [9.17, 15) is 9.59 Å². The number of hydrogen-bond acceptors (Lipinski definition) is 5. The number of carbonyl (C=O) groups is 2. The predicted octanol–water partition coefficient (Wildman–Crippen LogP) is 1.98. The van der Waals surface area contributed by atoms with Crippen molar-refractivity contribution in [3.8, 4) is 0 Å². The van der Waals surface area contributed by atoms with Crippen LogP contribution in [-0.2, 0) is 29.0 Å². The van der Waals surface area contributed by atoms with Crippen LogP contribution in [0, 0.1) is 5.41 Å². The summed E-state index contributed by atoms with van der Waals surface area (Å²) in [6, 6.07) is 15.8. The number of benzene rings is 1. The maximum Gasteiger partial charge on any atom is 0.231 e. The van der Waals surface area contributed by atoms with Crippen LogP contribution >= 0.6 is 0 Å². The highest BCUT2D eigenvalue weighted by Crippen LogP contribution is 2.41. The molecule has 32 heavy (non-hydrogen) atoms. The molecule has 4 heterocycles. The molecule has 0 radical (unpaired) electrons. The summed E-state index contributed by atoms with van der Waals surface area (Å²) in [6.07, 6.45) is 4.03. The van der Waals surface area contributed by atoms with Crippen LogP contribution in [0.5, 0.6) is 0 Å². The van der Waals surface area contributed by atoms with Crippen LogP contribution in [0.15, 0.2) is 54.7 Å². The molecule has 2 aromatic heterocycles. The van der Waals surface area contributed by atoms with Crippen LogP contribution in [-0.4, -0.2) is 61.4 Å². The van der Waals surface area contributed by atoms with Crippen molar-refractivity contribution in [1.82, 2.24) is 30.0 Å².